The second-order valence-corrected chi connectivity index (χ2v) is 1.91. The summed E-state index contributed by atoms with van der Waals surface area (Å²) in [5, 5.41) is 19.5. The topological polar surface area (TPSA) is 63.6 Å². The van der Waals surface area contributed by atoms with Gasteiger partial charge in [-0.15, -0.1) is 0 Å². The lowest BCUT2D eigenvalue weighted by Crippen LogP contribution is -2.19. The van der Waals surface area contributed by atoms with Gasteiger partial charge >= 0.3 is 5.97 Å². The Balaban J connectivity index is 2.71. The van der Waals surface area contributed by atoms with Crippen molar-refractivity contribution in [2.24, 2.45) is 0 Å². The highest BCUT2D eigenvalue weighted by Crippen LogP contribution is 2.04. The number of hydrogen-bond acceptors (Lipinski definition) is 3. The van der Waals surface area contributed by atoms with Gasteiger partial charge < -0.3 is 15.4 Å². The van der Waals surface area contributed by atoms with Crippen LogP contribution in [-0.4, -0.2) is 22.7 Å². The van der Waals surface area contributed by atoms with E-state index in [9.17, 15) is 10.0 Å². The first-order valence-electron chi connectivity index (χ1n) is 2.74. The molecule has 4 nitrogen and oxygen atoms in total. The zero-order valence-electron chi connectivity index (χ0n) is 5.15. The largest absolute Gasteiger partial charge is 0.758 e. The van der Waals surface area contributed by atoms with E-state index in [0.29, 0.717) is 5.06 Å². The van der Waals surface area contributed by atoms with Gasteiger partial charge in [0.1, 0.15) is 0 Å². The first-order chi connectivity index (χ1) is 4.70. The van der Waals surface area contributed by atoms with Gasteiger partial charge in [0.15, 0.2) is 0 Å². The number of carboxylic acid groups (broad SMARTS) is 1. The van der Waals surface area contributed by atoms with Gasteiger partial charge in [-0.05, 0) is 18.4 Å². The molecular weight excluding hydrogens is 134 g/mol. The van der Waals surface area contributed by atoms with E-state index in [-0.39, 0.29) is 12.1 Å². The summed E-state index contributed by atoms with van der Waals surface area (Å²) < 4.78 is 0. The van der Waals surface area contributed by atoms with Gasteiger partial charge in [0.05, 0.1) is 5.57 Å². The van der Waals surface area contributed by atoms with Crippen molar-refractivity contribution in [3.63, 3.8) is 0 Å². The van der Waals surface area contributed by atoms with Crippen LogP contribution in [0.5, 0.6) is 0 Å². The van der Waals surface area contributed by atoms with Gasteiger partial charge in [-0.25, -0.2) is 4.79 Å². The zero-order chi connectivity index (χ0) is 7.56. The molecular formula is C6H6NO3-. The van der Waals surface area contributed by atoms with E-state index in [1.165, 1.54) is 18.4 Å². The molecule has 0 bridgehead atoms. The average molecular weight is 140 g/mol. The fraction of sp³-hybridized carbons (Fsp3) is 0.167. The first kappa shape index (κ1) is 6.82. The molecule has 0 saturated heterocycles. The van der Waals surface area contributed by atoms with E-state index in [4.69, 9.17) is 5.11 Å². The van der Waals surface area contributed by atoms with E-state index in [2.05, 4.69) is 0 Å². The van der Waals surface area contributed by atoms with Crippen LogP contribution in [0.3, 0.4) is 0 Å². The van der Waals surface area contributed by atoms with Crippen LogP contribution >= 0.6 is 0 Å². The van der Waals surface area contributed by atoms with Crippen molar-refractivity contribution in [1.29, 1.82) is 0 Å². The molecule has 0 saturated carbocycles. The Morgan fingerprint density at radius 1 is 1.80 bits per heavy atom. The molecule has 1 aliphatic heterocycles. The van der Waals surface area contributed by atoms with Crippen LogP contribution < -0.4 is 0 Å². The molecule has 1 aliphatic rings. The number of allylic oxidation sites excluding steroid dienone is 2. The predicted molar refractivity (Wildman–Crippen MR) is 34.9 cm³/mol. The molecule has 0 aromatic heterocycles. The lowest BCUT2D eigenvalue weighted by molar-refractivity contribution is -0.132. The summed E-state index contributed by atoms with van der Waals surface area (Å²) >= 11 is 0. The number of hydroxylamine groups is 2. The highest BCUT2D eigenvalue weighted by Gasteiger charge is 2.07. The molecule has 0 aromatic rings. The fourth-order valence-electron chi connectivity index (χ4n) is 0.667. The number of rotatable bonds is 1. The molecule has 0 fully saturated rings. The lowest BCUT2D eigenvalue weighted by atomic mass is 10.2. The van der Waals surface area contributed by atoms with Crippen LogP contribution in [0.2, 0.25) is 0 Å². The summed E-state index contributed by atoms with van der Waals surface area (Å²) in [5.74, 6) is -1.04. The third-order valence-electron chi connectivity index (χ3n) is 1.15. The maximum Gasteiger partial charge on any atom is 0.333 e. The molecule has 4 heteroatoms. The predicted octanol–water partition coefficient (Wildman–Crippen LogP) is 0.325. The number of carbonyl (C=O) groups is 1. The average Bonchev–Trinajstić information content (AvgIpc) is 1.88. The molecule has 1 heterocycles. The van der Waals surface area contributed by atoms with Crippen LogP contribution in [0, 0.1) is 5.21 Å². The standard InChI is InChI=1S/C6H6NO3/c8-6(9)5-2-1-3-7(10)4-5/h1-3H,4H2,(H,8,9)/q-1. The number of aliphatic carboxylic acids is 1. The highest BCUT2D eigenvalue weighted by atomic mass is 16.5. The van der Waals surface area contributed by atoms with Crippen LogP contribution in [0.1, 0.15) is 0 Å². The second kappa shape index (κ2) is 2.53. The van der Waals surface area contributed by atoms with E-state index >= 15 is 0 Å². The van der Waals surface area contributed by atoms with Crippen molar-refractivity contribution in [3.05, 3.63) is 29.1 Å². The van der Waals surface area contributed by atoms with Crippen LogP contribution in [0.25, 0.3) is 0 Å². The summed E-state index contributed by atoms with van der Waals surface area (Å²) in [7, 11) is 0. The molecule has 1 N–H and O–H groups in total. The molecule has 0 unspecified atom stereocenters. The van der Waals surface area contributed by atoms with Gasteiger partial charge in [-0.1, -0.05) is 0 Å². The Morgan fingerprint density at radius 3 is 2.90 bits per heavy atom. The van der Waals surface area contributed by atoms with Crippen LogP contribution in [-0.2, 0) is 4.79 Å². The zero-order valence-corrected chi connectivity index (χ0v) is 5.15. The summed E-state index contributed by atoms with van der Waals surface area (Å²) in [4.78, 5) is 10.2. The quantitative estimate of drug-likeness (QED) is 0.569. The molecule has 0 aliphatic carbocycles. The Kier molecular flexibility index (Phi) is 1.73. The van der Waals surface area contributed by atoms with Crippen LogP contribution in [0.15, 0.2) is 23.9 Å². The van der Waals surface area contributed by atoms with Gasteiger partial charge in [-0.2, -0.15) is 0 Å². The van der Waals surface area contributed by atoms with Gasteiger partial charge in [0.2, 0.25) is 0 Å². The van der Waals surface area contributed by atoms with Crippen molar-refractivity contribution in [1.82, 2.24) is 5.06 Å². The molecule has 1 rings (SSSR count). The van der Waals surface area contributed by atoms with Crippen molar-refractivity contribution >= 4 is 5.97 Å². The van der Waals surface area contributed by atoms with E-state index < -0.39 is 5.97 Å². The smallest absolute Gasteiger partial charge is 0.333 e. The summed E-state index contributed by atoms with van der Waals surface area (Å²) in [6.45, 7) is -0.0637. The van der Waals surface area contributed by atoms with E-state index in [1.54, 1.807) is 0 Å². The van der Waals surface area contributed by atoms with Gasteiger partial charge in [-0.3, -0.25) is 0 Å². The maximum atomic E-state index is 10.5. The third kappa shape index (κ3) is 1.35. The van der Waals surface area contributed by atoms with E-state index in [0.717, 1.165) is 0 Å². The number of nitrogens with zero attached hydrogens (tertiary/aromatic N) is 1. The third-order valence-corrected chi connectivity index (χ3v) is 1.15. The second-order valence-electron chi connectivity index (χ2n) is 1.91. The maximum absolute atomic E-state index is 10.5. The molecule has 0 atom stereocenters. The minimum absolute atomic E-state index is 0.0637. The number of hydrogen-bond donors (Lipinski definition) is 1. The lowest BCUT2D eigenvalue weighted by Gasteiger charge is -2.28. The summed E-state index contributed by atoms with van der Waals surface area (Å²) in [6.07, 6.45) is 4.11. The highest BCUT2D eigenvalue weighted by molar-refractivity contribution is 5.87. The van der Waals surface area contributed by atoms with Crippen LogP contribution in [0.4, 0.5) is 0 Å². The Morgan fingerprint density at radius 2 is 2.50 bits per heavy atom. The number of carboxylic acids is 1. The molecule has 54 valence electrons. The van der Waals surface area contributed by atoms with Crippen molar-refractivity contribution in [2.75, 3.05) is 6.54 Å². The first-order valence-corrected chi connectivity index (χ1v) is 2.74. The molecule has 0 amide bonds. The van der Waals surface area contributed by atoms with Crippen molar-refractivity contribution < 1.29 is 9.90 Å². The summed E-state index contributed by atoms with van der Waals surface area (Å²) in [6, 6.07) is 0. The van der Waals surface area contributed by atoms with Crippen molar-refractivity contribution in [3.8, 4) is 0 Å². The minimum atomic E-state index is -1.04. The molecule has 0 radical (unpaired) electrons. The van der Waals surface area contributed by atoms with Crippen molar-refractivity contribution in [2.45, 2.75) is 0 Å². The molecule has 0 aromatic carbocycles. The normalized spacial score (nSPS) is 16.9. The monoisotopic (exact) mass is 140 g/mol. The fourth-order valence-corrected chi connectivity index (χ4v) is 0.667. The summed E-state index contributed by atoms with van der Waals surface area (Å²) in [5.41, 5.74) is 0.123. The van der Waals surface area contributed by atoms with E-state index in [1.807, 2.05) is 0 Å². The SMILES string of the molecule is O=C(O)C1=CC=CN([O-])C1. The Labute approximate surface area is 57.6 Å². The Hall–Kier alpha value is -1.29. The molecule has 0 spiro atoms. The van der Waals surface area contributed by atoms with Gasteiger partial charge in [0, 0.05) is 6.54 Å². The van der Waals surface area contributed by atoms with Gasteiger partial charge in [0.25, 0.3) is 0 Å². The Bertz CT molecular complexity index is 207. The minimum Gasteiger partial charge on any atom is -0.758 e. The molecule has 10 heavy (non-hydrogen) atoms.